The Labute approximate surface area is 118 Å². The Morgan fingerprint density at radius 3 is 2.74 bits per heavy atom. The number of hydrogen-bond donors (Lipinski definition) is 1. The standard InChI is InChI=1S/C17H28N2/c1-3-4-15-10-12-19(13-15)11-9-14(2)16-5-7-17(18)8-6-16/h5-8,14-15H,3-4,9-13,18H2,1-2H3. The van der Waals surface area contributed by atoms with Gasteiger partial charge in [0.2, 0.25) is 0 Å². The van der Waals surface area contributed by atoms with Crippen LogP contribution in [0.1, 0.15) is 51.0 Å². The molecule has 19 heavy (non-hydrogen) atoms. The molecule has 1 heterocycles. The van der Waals surface area contributed by atoms with Gasteiger partial charge in [0, 0.05) is 12.2 Å². The maximum Gasteiger partial charge on any atom is 0.0314 e. The number of anilines is 1. The zero-order valence-corrected chi connectivity index (χ0v) is 12.4. The molecule has 0 spiro atoms. The molecule has 2 unspecified atom stereocenters. The van der Waals surface area contributed by atoms with Gasteiger partial charge in [-0.3, -0.25) is 0 Å². The summed E-state index contributed by atoms with van der Waals surface area (Å²) >= 11 is 0. The van der Waals surface area contributed by atoms with Crippen molar-refractivity contribution in [3.8, 4) is 0 Å². The van der Waals surface area contributed by atoms with Crippen molar-refractivity contribution in [2.75, 3.05) is 25.4 Å². The van der Waals surface area contributed by atoms with E-state index in [1.165, 1.54) is 50.9 Å². The lowest BCUT2D eigenvalue weighted by atomic mass is 9.97. The van der Waals surface area contributed by atoms with E-state index in [9.17, 15) is 0 Å². The zero-order valence-electron chi connectivity index (χ0n) is 12.4. The highest BCUT2D eigenvalue weighted by atomic mass is 15.1. The first kappa shape index (κ1) is 14.4. The van der Waals surface area contributed by atoms with Crippen molar-refractivity contribution in [3.63, 3.8) is 0 Å². The number of rotatable bonds is 6. The van der Waals surface area contributed by atoms with Gasteiger partial charge in [-0.25, -0.2) is 0 Å². The second-order valence-electron chi connectivity index (χ2n) is 6.10. The molecule has 1 aromatic carbocycles. The smallest absolute Gasteiger partial charge is 0.0314 e. The van der Waals surface area contributed by atoms with Crippen LogP contribution in [0.15, 0.2) is 24.3 Å². The van der Waals surface area contributed by atoms with Gasteiger partial charge in [0.25, 0.3) is 0 Å². The van der Waals surface area contributed by atoms with Crippen molar-refractivity contribution in [1.82, 2.24) is 4.90 Å². The second-order valence-corrected chi connectivity index (χ2v) is 6.10. The van der Waals surface area contributed by atoms with Crippen LogP contribution in [0.3, 0.4) is 0 Å². The molecule has 2 atom stereocenters. The predicted molar refractivity (Wildman–Crippen MR) is 83.3 cm³/mol. The minimum Gasteiger partial charge on any atom is -0.399 e. The van der Waals surface area contributed by atoms with Gasteiger partial charge in [-0.15, -0.1) is 0 Å². The summed E-state index contributed by atoms with van der Waals surface area (Å²) in [5.41, 5.74) is 8.01. The maximum atomic E-state index is 5.74. The lowest BCUT2D eigenvalue weighted by molar-refractivity contribution is 0.308. The van der Waals surface area contributed by atoms with E-state index in [1.54, 1.807) is 0 Å². The normalized spacial score (nSPS) is 21.7. The number of nitrogens with two attached hydrogens (primary N) is 1. The van der Waals surface area contributed by atoms with E-state index >= 15 is 0 Å². The van der Waals surface area contributed by atoms with Crippen molar-refractivity contribution in [2.24, 2.45) is 5.92 Å². The molecule has 2 N–H and O–H groups in total. The van der Waals surface area contributed by atoms with Crippen molar-refractivity contribution in [2.45, 2.75) is 45.4 Å². The first-order chi connectivity index (χ1) is 9.19. The Hall–Kier alpha value is -1.02. The van der Waals surface area contributed by atoms with Crippen molar-refractivity contribution in [3.05, 3.63) is 29.8 Å². The van der Waals surface area contributed by atoms with Crippen LogP contribution in [0.5, 0.6) is 0 Å². The molecular formula is C17H28N2. The fraction of sp³-hybridized carbons (Fsp3) is 0.647. The summed E-state index contributed by atoms with van der Waals surface area (Å²) in [6.07, 6.45) is 5.40. The van der Waals surface area contributed by atoms with E-state index in [-0.39, 0.29) is 0 Å². The van der Waals surface area contributed by atoms with Crippen molar-refractivity contribution in [1.29, 1.82) is 0 Å². The number of hydrogen-bond acceptors (Lipinski definition) is 2. The van der Waals surface area contributed by atoms with Crippen LogP contribution in [0.25, 0.3) is 0 Å². The van der Waals surface area contributed by atoms with Crippen LogP contribution < -0.4 is 5.73 Å². The van der Waals surface area contributed by atoms with E-state index < -0.39 is 0 Å². The van der Waals surface area contributed by atoms with Gasteiger partial charge in [-0.05, 0) is 61.9 Å². The number of nitrogen functional groups attached to an aromatic ring is 1. The summed E-state index contributed by atoms with van der Waals surface area (Å²) in [5, 5.41) is 0. The molecule has 2 heteroatoms. The van der Waals surface area contributed by atoms with Gasteiger partial charge >= 0.3 is 0 Å². The second kappa shape index (κ2) is 6.95. The van der Waals surface area contributed by atoms with Gasteiger partial charge in [-0.1, -0.05) is 32.4 Å². The molecule has 1 aliphatic heterocycles. The molecule has 1 aliphatic rings. The van der Waals surface area contributed by atoms with Crippen molar-refractivity contribution >= 4 is 5.69 Å². The van der Waals surface area contributed by atoms with Crippen LogP contribution in [0.2, 0.25) is 0 Å². The molecule has 2 nitrogen and oxygen atoms in total. The highest BCUT2D eigenvalue weighted by molar-refractivity contribution is 5.40. The summed E-state index contributed by atoms with van der Waals surface area (Å²) in [7, 11) is 0. The molecule has 0 amide bonds. The van der Waals surface area contributed by atoms with Gasteiger partial charge in [0.05, 0.1) is 0 Å². The minimum absolute atomic E-state index is 0.630. The molecule has 2 rings (SSSR count). The fourth-order valence-corrected chi connectivity index (χ4v) is 3.13. The summed E-state index contributed by atoms with van der Waals surface area (Å²) < 4.78 is 0. The Kier molecular flexibility index (Phi) is 5.26. The van der Waals surface area contributed by atoms with Crippen LogP contribution in [-0.2, 0) is 0 Å². The van der Waals surface area contributed by atoms with Crippen LogP contribution in [0, 0.1) is 5.92 Å². The number of likely N-dealkylation sites (tertiary alicyclic amines) is 1. The Morgan fingerprint density at radius 1 is 1.32 bits per heavy atom. The summed E-state index contributed by atoms with van der Waals surface area (Å²) in [5.74, 6) is 1.59. The predicted octanol–water partition coefficient (Wildman–Crippen LogP) is 3.88. The van der Waals surface area contributed by atoms with Crippen LogP contribution >= 0.6 is 0 Å². The molecule has 0 aliphatic carbocycles. The largest absolute Gasteiger partial charge is 0.399 e. The summed E-state index contributed by atoms with van der Waals surface area (Å²) in [6.45, 7) is 8.49. The molecule has 1 saturated heterocycles. The Bertz CT molecular complexity index is 371. The zero-order chi connectivity index (χ0) is 13.7. The minimum atomic E-state index is 0.630. The van der Waals surface area contributed by atoms with Crippen LogP contribution in [0.4, 0.5) is 5.69 Å². The Morgan fingerprint density at radius 2 is 2.05 bits per heavy atom. The Balaban J connectivity index is 1.75. The summed E-state index contributed by atoms with van der Waals surface area (Å²) in [6, 6.07) is 8.37. The first-order valence-corrected chi connectivity index (χ1v) is 7.76. The average Bonchev–Trinajstić information content (AvgIpc) is 2.85. The van der Waals surface area contributed by atoms with Gasteiger partial charge in [0.1, 0.15) is 0 Å². The molecular weight excluding hydrogens is 232 g/mol. The molecule has 106 valence electrons. The van der Waals surface area contributed by atoms with E-state index in [4.69, 9.17) is 5.73 Å². The first-order valence-electron chi connectivity index (χ1n) is 7.76. The molecule has 1 fully saturated rings. The number of benzene rings is 1. The lowest BCUT2D eigenvalue weighted by Gasteiger charge is -2.19. The molecule has 1 aromatic rings. The quantitative estimate of drug-likeness (QED) is 0.786. The maximum absolute atomic E-state index is 5.74. The van der Waals surface area contributed by atoms with Gasteiger partial charge in [-0.2, -0.15) is 0 Å². The molecule has 0 saturated carbocycles. The van der Waals surface area contributed by atoms with E-state index in [0.717, 1.165) is 11.6 Å². The van der Waals surface area contributed by atoms with E-state index in [0.29, 0.717) is 5.92 Å². The highest BCUT2D eigenvalue weighted by Gasteiger charge is 2.21. The average molecular weight is 260 g/mol. The van der Waals surface area contributed by atoms with E-state index in [2.05, 4.69) is 30.9 Å². The fourth-order valence-electron chi connectivity index (χ4n) is 3.13. The molecule has 0 aromatic heterocycles. The highest BCUT2D eigenvalue weighted by Crippen LogP contribution is 2.24. The van der Waals surface area contributed by atoms with E-state index in [1.807, 2.05) is 12.1 Å². The number of nitrogens with zero attached hydrogens (tertiary/aromatic N) is 1. The molecule has 0 radical (unpaired) electrons. The third-order valence-corrected chi connectivity index (χ3v) is 4.45. The lowest BCUT2D eigenvalue weighted by Crippen LogP contribution is -2.23. The van der Waals surface area contributed by atoms with Gasteiger partial charge < -0.3 is 10.6 Å². The van der Waals surface area contributed by atoms with Gasteiger partial charge in [0.15, 0.2) is 0 Å². The third-order valence-electron chi connectivity index (χ3n) is 4.45. The van der Waals surface area contributed by atoms with Crippen LogP contribution in [-0.4, -0.2) is 24.5 Å². The molecule has 0 bridgehead atoms. The monoisotopic (exact) mass is 260 g/mol. The SMILES string of the molecule is CCCC1CCN(CCC(C)c2ccc(N)cc2)C1. The summed E-state index contributed by atoms with van der Waals surface area (Å²) in [4.78, 5) is 2.65. The van der Waals surface area contributed by atoms with Crippen molar-refractivity contribution < 1.29 is 0 Å². The topological polar surface area (TPSA) is 29.3 Å². The third kappa shape index (κ3) is 4.24.